The molecule has 0 fully saturated rings. The second-order valence-electron chi connectivity index (χ2n) is 4.50. The van der Waals surface area contributed by atoms with Crippen LogP contribution in [0.2, 0.25) is 5.15 Å². The van der Waals surface area contributed by atoms with Crippen LogP contribution >= 0.6 is 11.6 Å². The molecule has 0 spiro atoms. The summed E-state index contributed by atoms with van der Waals surface area (Å²) >= 11 is 5.63. The van der Waals surface area contributed by atoms with Gasteiger partial charge in [-0.3, -0.25) is 9.59 Å². The molecule has 0 aliphatic rings. The quantitative estimate of drug-likeness (QED) is 0.831. The Morgan fingerprint density at radius 1 is 1.35 bits per heavy atom. The Kier molecular flexibility index (Phi) is 3.67. The molecule has 2 amide bonds. The first-order chi connectivity index (χ1) is 7.71. The number of nitrogens with one attached hydrogen (secondary N) is 1. The number of amides is 2. The molecule has 7 heteroatoms. The molecular formula is C10H13ClN4O2. The first-order valence-corrected chi connectivity index (χ1v) is 5.24. The predicted molar refractivity (Wildman–Crippen MR) is 63.6 cm³/mol. The lowest BCUT2D eigenvalue weighted by atomic mass is 9.96. The molecule has 0 aromatic carbocycles. The molecule has 0 saturated heterocycles. The third-order valence-electron chi connectivity index (χ3n) is 1.94. The molecule has 92 valence electrons. The highest BCUT2D eigenvalue weighted by atomic mass is 35.5. The zero-order valence-corrected chi connectivity index (χ0v) is 10.5. The van der Waals surface area contributed by atoms with Gasteiger partial charge in [0, 0.05) is 5.41 Å². The predicted octanol–water partition coefficient (Wildman–Crippen LogP) is 1.21. The molecule has 1 aromatic heterocycles. The van der Waals surface area contributed by atoms with Crippen molar-refractivity contribution in [2.24, 2.45) is 11.1 Å². The lowest BCUT2D eigenvalue weighted by molar-refractivity contribution is -0.123. The van der Waals surface area contributed by atoms with Gasteiger partial charge in [-0.05, 0) is 6.07 Å². The average molecular weight is 257 g/mol. The average Bonchev–Trinajstić information content (AvgIpc) is 2.19. The number of carbonyl (C=O) groups excluding carboxylic acids is 2. The van der Waals surface area contributed by atoms with Crippen LogP contribution in [0.5, 0.6) is 0 Å². The van der Waals surface area contributed by atoms with E-state index in [4.69, 9.17) is 17.3 Å². The molecule has 0 unspecified atom stereocenters. The second kappa shape index (κ2) is 4.67. The molecule has 0 atom stereocenters. The van der Waals surface area contributed by atoms with Crippen molar-refractivity contribution in [1.29, 1.82) is 0 Å². The van der Waals surface area contributed by atoms with Gasteiger partial charge in [-0.15, -0.1) is 10.2 Å². The number of carbonyl (C=O) groups is 2. The summed E-state index contributed by atoms with van der Waals surface area (Å²) in [4.78, 5) is 22.7. The third kappa shape index (κ3) is 3.39. The van der Waals surface area contributed by atoms with Gasteiger partial charge in [-0.2, -0.15) is 0 Å². The Morgan fingerprint density at radius 3 is 2.41 bits per heavy atom. The van der Waals surface area contributed by atoms with E-state index in [0.29, 0.717) is 0 Å². The Hall–Kier alpha value is -1.69. The second-order valence-corrected chi connectivity index (χ2v) is 4.86. The van der Waals surface area contributed by atoms with E-state index >= 15 is 0 Å². The molecular weight excluding hydrogens is 244 g/mol. The van der Waals surface area contributed by atoms with Gasteiger partial charge in [0.2, 0.25) is 5.91 Å². The standard InChI is InChI=1S/C10H13ClN4O2/c1-10(2,3)9(17)13-6-4-5(8(12)16)7(11)15-14-6/h4H,1-3H3,(H2,12,16)(H,13,14,17). The van der Waals surface area contributed by atoms with E-state index in [0.717, 1.165) is 0 Å². The number of nitrogens with zero attached hydrogens (tertiary/aromatic N) is 2. The minimum Gasteiger partial charge on any atom is -0.365 e. The van der Waals surface area contributed by atoms with Crippen molar-refractivity contribution in [3.05, 3.63) is 16.8 Å². The maximum absolute atomic E-state index is 11.7. The molecule has 1 aromatic rings. The summed E-state index contributed by atoms with van der Waals surface area (Å²) in [6, 6.07) is 1.29. The zero-order chi connectivity index (χ0) is 13.2. The van der Waals surface area contributed by atoms with Gasteiger partial charge in [0.25, 0.3) is 5.91 Å². The lowest BCUT2D eigenvalue weighted by Crippen LogP contribution is -2.28. The van der Waals surface area contributed by atoms with Gasteiger partial charge in [0.05, 0.1) is 5.56 Å². The zero-order valence-electron chi connectivity index (χ0n) is 9.74. The maximum Gasteiger partial charge on any atom is 0.252 e. The van der Waals surface area contributed by atoms with Crippen molar-refractivity contribution in [2.75, 3.05) is 5.32 Å². The minimum absolute atomic E-state index is 0.0193. The van der Waals surface area contributed by atoms with E-state index < -0.39 is 11.3 Å². The van der Waals surface area contributed by atoms with Crippen molar-refractivity contribution >= 4 is 29.2 Å². The summed E-state index contributed by atoms with van der Waals surface area (Å²) in [5.74, 6) is -0.830. The number of nitrogens with two attached hydrogens (primary N) is 1. The van der Waals surface area contributed by atoms with Crippen LogP contribution in [0.25, 0.3) is 0 Å². The van der Waals surface area contributed by atoms with Crippen LogP contribution < -0.4 is 11.1 Å². The molecule has 0 aliphatic carbocycles. The topological polar surface area (TPSA) is 98.0 Å². The Morgan fingerprint density at radius 2 is 1.94 bits per heavy atom. The molecule has 0 saturated carbocycles. The molecule has 1 heterocycles. The Balaban J connectivity index is 2.98. The van der Waals surface area contributed by atoms with Crippen molar-refractivity contribution in [1.82, 2.24) is 10.2 Å². The summed E-state index contributed by atoms with van der Waals surface area (Å²) < 4.78 is 0. The minimum atomic E-state index is -0.726. The summed E-state index contributed by atoms with van der Waals surface area (Å²) in [6.07, 6.45) is 0. The Bertz CT molecular complexity index is 468. The van der Waals surface area contributed by atoms with Crippen molar-refractivity contribution in [2.45, 2.75) is 20.8 Å². The highest BCUT2D eigenvalue weighted by molar-refractivity contribution is 6.32. The number of hydrogen-bond acceptors (Lipinski definition) is 4. The van der Waals surface area contributed by atoms with E-state index in [-0.39, 0.29) is 22.4 Å². The van der Waals surface area contributed by atoms with Crippen LogP contribution in [-0.2, 0) is 4.79 Å². The fourth-order valence-corrected chi connectivity index (χ4v) is 1.10. The molecule has 0 radical (unpaired) electrons. The third-order valence-corrected chi connectivity index (χ3v) is 2.22. The van der Waals surface area contributed by atoms with E-state index in [1.807, 2.05) is 0 Å². The highest BCUT2D eigenvalue weighted by Crippen LogP contribution is 2.18. The lowest BCUT2D eigenvalue weighted by Gasteiger charge is -2.17. The first kappa shape index (κ1) is 13.4. The van der Waals surface area contributed by atoms with Crippen molar-refractivity contribution in [3.63, 3.8) is 0 Å². The van der Waals surface area contributed by atoms with Crippen molar-refractivity contribution < 1.29 is 9.59 Å². The maximum atomic E-state index is 11.7. The van der Waals surface area contributed by atoms with Gasteiger partial charge >= 0.3 is 0 Å². The molecule has 3 N–H and O–H groups in total. The number of rotatable bonds is 2. The van der Waals surface area contributed by atoms with Gasteiger partial charge in [-0.1, -0.05) is 32.4 Å². The normalized spacial score (nSPS) is 11.1. The summed E-state index contributed by atoms with van der Waals surface area (Å²) in [5.41, 5.74) is 4.54. The monoisotopic (exact) mass is 256 g/mol. The van der Waals surface area contributed by atoms with Crippen LogP contribution in [0.1, 0.15) is 31.1 Å². The number of anilines is 1. The van der Waals surface area contributed by atoms with Crippen LogP contribution in [0.3, 0.4) is 0 Å². The van der Waals surface area contributed by atoms with Crippen LogP contribution in [0.15, 0.2) is 6.07 Å². The van der Waals surface area contributed by atoms with Gasteiger partial charge in [0.15, 0.2) is 11.0 Å². The molecule has 0 aliphatic heterocycles. The fraction of sp³-hybridized carbons (Fsp3) is 0.400. The number of halogens is 1. The Labute approximate surface area is 104 Å². The summed E-state index contributed by atoms with van der Waals surface area (Å²) in [6.45, 7) is 5.25. The molecule has 0 bridgehead atoms. The van der Waals surface area contributed by atoms with Gasteiger partial charge < -0.3 is 11.1 Å². The van der Waals surface area contributed by atoms with Gasteiger partial charge in [0.1, 0.15) is 0 Å². The van der Waals surface area contributed by atoms with E-state index in [2.05, 4.69) is 15.5 Å². The summed E-state index contributed by atoms with van der Waals surface area (Å²) in [5, 5.41) is 9.62. The van der Waals surface area contributed by atoms with Crippen LogP contribution in [-0.4, -0.2) is 22.0 Å². The largest absolute Gasteiger partial charge is 0.365 e. The van der Waals surface area contributed by atoms with Crippen molar-refractivity contribution in [3.8, 4) is 0 Å². The van der Waals surface area contributed by atoms with E-state index in [1.54, 1.807) is 20.8 Å². The number of primary amides is 1. The number of aromatic nitrogens is 2. The smallest absolute Gasteiger partial charge is 0.252 e. The van der Waals surface area contributed by atoms with Gasteiger partial charge in [-0.25, -0.2) is 0 Å². The molecule has 1 rings (SSSR count). The highest BCUT2D eigenvalue weighted by Gasteiger charge is 2.22. The van der Waals surface area contributed by atoms with E-state index in [1.165, 1.54) is 6.07 Å². The number of hydrogen-bond donors (Lipinski definition) is 2. The first-order valence-electron chi connectivity index (χ1n) is 4.86. The molecule has 17 heavy (non-hydrogen) atoms. The SMILES string of the molecule is CC(C)(C)C(=O)Nc1cc(C(N)=O)c(Cl)nn1. The molecule has 6 nitrogen and oxygen atoms in total. The van der Waals surface area contributed by atoms with Crippen LogP contribution in [0.4, 0.5) is 5.82 Å². The van der Waals surface area contributed by atoms with Crippen LogP contribution in [0, 0.1) is 5.41 Å². The fourth-order valence-electron chi connectivity index (χ4n) is 0.914. The summed E-state index contributed by atoms with van der Waals surface area (Å²) in [7, 11) is 0. The van der Waals surface area contributed by atoms with E-state index in [9.17, 15) is 9.59 Å².